The van der Waals surface area contributed by atoms with Crippen molar-refractivity contribution >= 4 is 12.0 Å². The molecule has 0 rings (SSSR count). The number of nitrogens with zero attached hydrogens (tertiary/aromatic N) is 1. The third-order valence-corrected chi connectivity index (χ3v) is 2.13. The number of ether oxygens (including phenoxy) is 1. The number of carboxylic acid groups (broad SMARTS) is 1. The van der Waals surface area contributed by atoms with Gasteiger partial charge in [-0.3, -0.25) is 0 Å². The van der Waals surface area contributed by atoms with Gasteiger partial charge in [0.15, 0.2) is 0 Å². The predicted molar refractivity (Wildman–Crippen MR) is 59.4 cm³/mol. The summed E-state index contributed by atoms with van der Waals surface area (Å²) >= 11 is 0. The summed E-state index contributed by atoms with van der Waals surface area (Å²) in [6.07, 6.45) is 0.361. The number of hydrogen-bond donors (Lipinski definition) is 2. The molecular formula is C10H20N2O4. The zero-order valence-electron chi connectivity index (χ0n) is 10.0. The number of urea groups is 1. The lowest BCUT2D eigenvalue weighted by atomic mass is 10.2. The summed E-state index contributed by atoms with van der Waals surface area (Å²) in [5.41, 5.74) is 0. The highest BCUT2D eigenvalue weighted by Gasteiger charge is 2.19. The number of carbonyl (C=O) groups excluding carboxylic acids is 1. The molecule has 94 valence electrons. The number of rotatable bonds is 7. The molecule has 0 aromatic rings. The lowest BCUT2D eigenvalue weighted by Gasteiger charge is -2.20. The van der Waals surface area contributed by atoms with Gasteiger partial charge < -0.3 is 20.1 Å². The quantitative estimate of drug-likeness (QED) is 0.627. The lowest BCUT2D eigenvalue weighted by Crippen LogP contribution is -2.47. The second-order valence-corrected chi connectivity index (χ2v) is 3.37. The number of carbonyl (C=O) groups is 2. The minimum atomic E-state index is -1.02. The average Bonchev–Trinajstić information content (AvgIpc) is 2.25. The number of hydrogen-bond acceptors (Lipinski definition) is 3. The van der Waals surface area contributed by atoms with Crippen molar-refractivity contribution in [3.05, 3.63) is 0 Å². The first kappa shape index (κ1) is 14.7. The molecule has 0 aliphatic heterocycles. The van der Waals surface area contributed by atoms with E-state index < -0.39 is 18.0 Å². The van der Waals surface area contributed by atoms with Crippen molar-refractivity contribution in [2.75, 3.05) is 26.8 Å². The number of likely N-dealkylation sites (N-methyl/N-ethyl adjacent to an activating group) is 1. The van der Waals surface area contributed by atoms with E-state index in [0.29, 0.717) is 26.2 Å². The maximum Gasteiger partial charge on any atom is 0.326 e. The summed E-state index contributed by atoms with van der Waals surface area (Å²) in [6, 6.07) is -1.23. The van der Waals surface area contributed by atoms with E-state index in [2.05, 4.69) is 5.32 Å². The maximum atomic E-state index is 11.5. The van der Waals surface area contributed by atoms with Crippen LogP contribution in [0, 0.1) is 0 Å². The molecule has 6 heteroatoms. The normalized spacial score (nSPS) is 11.9. The van der Waals surface area contributed by atoms with E-state index in [4.69, 9.17) is 9.84 Å². The number of carboxylic acids is 1. The molecule has 0 saturated heterocycles. The summed E-state index contributed by atoms with van der Waals surface area (Å²) in [6.45, 7) is 5.07. The summed E-state index contributed by atoms with van der Waals surface area (Å²) in [7, 11) is 1.60. The smallest absolute Gasteiger partial charge is 0.326 e. The molecule has 0 heterocycles. The van der Waals surface area contributed by atoms with Crippen LogP contribution in [0.15, 0.2) is 0 Å². The van der Waals surface area contributed by atoms with Crippen molar-refractivity contribution < 1.29 is 19.4 Å². The molecule has 0 bridgehead atoms. The van der Waals surface area contributed by atoms with Crippen molar-refractivity contribution in [2.45, 2.75) is 26.3 Å². The Morgan fingerprint density at radius 2 is 2.06 bits per heavy atom. The van der Waals surface area contributed by atoms with Crippen LogP contribution in [0.25, 0.3) is 0 Å². The van der Waals surface area contributed by atoms with Gasteiger partial charge in [0, 0.05) is 20.2 Å². The van der Waals surface area contributed by atoms with Crippen LogP contribution in [0.1, 0.15) is 20.3 Å². The van der Waals surface area contributed by atoms with Gasteiger partial charge in [0.25, 0.3) is 0 Å². The minimum absolute atomic E-state index is 0.361. The molecule has 2 N–H and O–H groups in total. The Balaban J connectivity index is 3.98. The Bertz CT molecular complexity index is 233. The average molecular weight is 232 g/mol. The van der Waals surface area contributed by atoms with Gasteiger partial charge in [-0.25, -0.2) is 9.59 Å². The topological polar surface area (TPSA) is 78.9 Å². The Morgan fingerprint density at radius 1 is 1.44 bits per heavy atom. The minimum Gasteiger partial charge on any atom is -0.480 e. The highest BCUT2D eigenvalue weighted by molar-refractivity contribution is 5.82. The van der Waals surface area contributed by atoms with Crippen LogP contribution in [0.2, 0.25) is 0 Å². The SMILES string of the molecule is CCOCCN(C)C(=O)N[C@@H](CC)C(=O)O. The van der Waals surface area contributed by atoms with Crippen molar-refractivity contribution in [3.63, 3.8) is 0 Å². The zero-order chi connectivity index (χ0) is 12.6. The fourth-order valence-electron chi connectivity index (χ4n) is 1.05. The van der Waals surface area contributed by atoms with Gasteiger partial charge in [-0.2, -0.15) is 0 Å². The fourth-order valence-corrected chi connectivity index (χ4v) is 1.05. The molecule has 0 aromatic carbocycles. The van der Waals surface area contributed by atoms with Crippen LogP contribution in [-0.4, -0.2) is 54.9 Å². The lowest BCUT2D eigenvalue weighted by molar-refractivity contribution is -0.139. The first-order valence-electron chi connectivity index (χ1n) is 5.35. The second kappa shape index (κ2) is 7.92. The largest absolute Gasteiger partial charge is 0.480 e. The molecule has 0 fully saturated rings. The standard InChI is InChI=1S/C10H20N2O4/c1-4-8(9(13)14)11-10(15)12(3)6-7-16-5-2/h8H,4-7H2,1-3H3,(H,11,15)(H,13,14)/t8-/m0/s1. The van der Waals surface area contributed by atoms with Crippen LogP contribution in [0.5, 0.6) is 0 Å². The van der Waals surface area contributed by atoms with Crippen LogP contribution >= 0.6 is 0 Å². The monoisotopic (exact) mass is 232 g/mol. The van der Waals surface area contributed by atoms with Gasteiger partial charge >= 0.3 is 12.0 Å². The van der Waals surface area contributed by atoms with Crippen LogP contribution < -0.4 is 5.32 Å². The molecule has 0 aliphatic carbocycles. The van der Waals surface area contributed by atoms with Crippen LogP contribution in [-0.2, 0) is 9.53 Å². The second-order valence-electron chi connectivity index (χ2n) is 3.37. The van der Waals surface area contributed by atoms with Crippen molar-refractivity contribution in [3.8, 4) is 0 Å². The Morgan fingerprint density at radius 3 is 2.50 bits per heavy atom. The van der Waals surface area contributed by atoms with E-state index >= 15 is 0 Å². The molecular weight excluding hydrogens is 212 g/mol. The number of aliphatic carboxylic acids is 1. The molecule has 0 aliphatic rings. The van der Waals surface area contributed by atoms with E-state index in [1.807, 2.05) is 6.92 Å². The van der Waals surface area contributed by atoms with Crippen LogP contribution in [0.4, 0.5) is 4.79 Å². The zero-order valence-corrected chi connectivity index (χ0v) is 10.0. The number of amides is 2. The molecule has 0 unspecified atom stereocenters. The molecule has 0 aromatic heterocycles. The number of nitrogens with one attached hydrogen (secondary N) is 1. The van der Waals surface area contributed by atoms with Gasteiger partial charge in [0.05, 0.1) is 6.61 Å². The molecule has 16 heavy (non-hydrogen) atoms. The van der Waals surface area contributed by atoms with Crippen molar-refractivity contribution in [1.29, 1.82) is 0 Å². The molecule has 0 spiro atoms. The fraction of sp³-hybridized carbons (Fsp3) is 0.800. The van der Waals surface area contributed by atoms with Crippen molar-refractivity contribution in [2.24, 2.45) is 0 Å². The Hall–Kier alpha value is -1.30. The molecule has 6 nitrogen and oxygen atoms in total. The molecule has 1 atom stereocenters. The molecule has 0 radical (unpaired) electrons. The van der Waals surface area contributed by atoms with E-state index in [-0.39, 0.29) is 0 Å². The van der Waals surface area contributed by atoms with Gasteiger partial charge in [-0.15, -0.1) is 0 Å². The van der Waals surface area contributed by atoms with Gasteiger partial charge in [-0.1, -0.05) is 6.92 Å². The predicted octanol–water partition coefficient (Wildman–Crippen LogP) is 0.527. The summed E-state index contributed by atoms with van der Waals surface area (Å²) in [4.78, 5) is 23.6. The van der Waals surface area contributed by atoms with E-state index in [9.17, 15) is 9.59 Å². The Kier molecular flexibility index (Phi) is 7.28. The molecule has 2 amide bonds. The third-order valence-electron chi connectivity index (χ3n) is 2.13. The summed E-state index contributed by atoms with van der Waals surface area (Å²) < 4.78 is 5.10. The van der Waals surface area contributed by atoms with Gasteiger partial charge in [0.1, 0.15) is 6.04 Å². The maximum absolute atomic E-state index is 11.5. The first-order chi connectivity index (χ1) is 7.52. The van der Waals surface area contributed by atoms with Crippen molar-refractivity contribution in [1.82, 2.24) is 10.2 Å². The van der Waals surface area contributed by atoms with E-state index in [1.165, 1.54) is 4.90 Å². The highest BCUT2D eigenvalue weighted by Crippen LogP contribution is 1.93. The van der Waals surface area contributed by atoms with E-state index in [1.54, 1.807) is 14.0 Å². The third kappa shape index (κ3) is 5.55. The summed E-state index contributed by atoms with van der Waals surface area (Å²) in [5.74, 6) is -1.02. The molecule has 0 saturated carbocycles. The highest BCUT2D eigenvalue weighted by atomic mass is 16.5. The Labute approximate surface area is 95.6 Å². The first-order valence-corrected chi connectivity index (χ1v) is 5.35. The van der Waals surface area contributed by atoms with Crippen LogP contribution in [0.3, 0.4) is 0 Å². The van der Waals surface area contributed by atoms with E-state index in [0.717, 1.165) is 0 Å². The summed E-state index contributed by atoms with van der Waals surface area (Å²) in [5, 5.41) is 11.2. The van der Waals surface area contributed by atoms with Gasteiger partial charge in [0.2, 0.25) is 0 Å². The van der Waals surface area contributed by atoms with Gasteiger partial charge in [-0.05, 0) is 13.3 Å².